The lowest BCUT2D eigenvalue weighted by Gasteiger charge is -2.10. The van der Waals surface area contributed by atoms with Gasteiger partial charge < -0.3 is 20.7 Å². The molecule has 0 heterocycles. The van der Waals surface area contributed by atoms with Crippen LogP contribution in [-0.2, 0) is 14.3 Å². The van der Waals surface area contributed by atoms with Gasteiger partial charge in [0.25, 0.3) is 5.97 Å². The van der Waals surface area contributed by atoms with Crippen LogP contribution in [0.3, 0.4) is 0 Å². The zero-order valence-electron chi connectivity index (χ0n) is 7.85. The van der Waals surface area contributed by atoms with Crippen molar-refractivity contribution < 1.29 is 24.5 Å². The summed E-state index contributed by atoms with van der Waals surface area (Å²) >= 11 is 0. The molecule has 0 aliphatic rings. The Balaban J connectivity index is 0. The first-order valence-corrected chi connectivity index (χ1v) is 3.54. The molecule has 0 rings (SSSR count). The number of carboxylic acid groups (broad SMARTS) is 1. The Kier molecular flexibility index (Phi) is 8.31. The van der Waals surface area contributed by atoms with Crippen molar-refractivity contribution in [2.45, 2.75) is 26.0 Å². The van der Waals surface area contributed by atoms with Gasteiger partial charge in [-0.2, -0.15) is 0 Å². The van der Waals surface area contributed by atoms with E-state index in [1.54, 1.807) is 0 Å². The Bertz CT molecular complexity index is 164. The van der Waals surface area contributed by atoms with Gasteiger partial charge in [0.1, 0.15) is 6.04 Å². The number of aliphatic carboxylic acids is 1. The van der Waals surface area contributed by atoms with E-state index in [4.69, 9.17) is 20.7 Å². The van der Waals surface area contributed by atoms with Crippen molar-refractivity contribution in [3.8, 4) is 0 Å². The lowest BCUT2D eigenvalue weighted by atomic mass is 10.2. The maximum atomic E-state index is 10.4. The summed E-state index contributed by atoms with van der Waals surface area (Å²) < 4.78 is 4.25. The summed E-state index contributed by atoms with van der Waals surface area (Å²) in [4.78, 5) is 19.4. The highest BCUT2D eigenvalue weighted by atomic mass is 16.5. The Labute approximate surface area is 76.3 Å². The first kappa shape index (κ1) is 14.4. The zero-order valence-corrected chi connectivity index (χ0v) is 7.85. The van der Waals surface area contributed by atoms with Gasteiger partial charge in [-0.1, -0.05) is 0 Å². The smallest absolute Gasteiger partial charge is 0.325 e. The molecule has 4 N–H and O–H groups in total. The van der Waals surface area contributed by atoms with Gasteiger partial charge in [-0.25, -0.2) is 0 Å². The monoisotopic (exact) mass is 193 g/mol. The van der Waals surface area contributed by atoms with Crippen LogP contribution in [0.5, 0.6) is 0 Å². The van der Waals surface area contributed by atoms with Gasteiger partial charge in [-0.05, 0) is 6.92 Å². The molecule has 1 unspecified atom stereocenters. The van der Waals surface area contributed by atoms with Crippen molar-refractivity contribution >= 4 is 11.9 Å². The Morgan fingerprint density at radius 3 is 1.85 bits per heavy atom. The molecule has 0 radical (unpaired) electrons. The molecule has 6 heteroatoms. The SMILES string of the molecule is CC(=O)O.COC(=O)[C@@H](N)C(C)O. The van der Waals surface area contributed by atoms with E-state index in [0.717, 1.165) is 6.92 Å². The second kappa shape index (κ2) is 7.51. The third-order valence-corrected chi connectivity index (χ3v) is 0.993. The van der Waals surface area contributed by atoms with E-state index in [0.29, 0.717) is 0 Å². The van der Waals surface area contributed by atoms with Crippen molar-refractivity contribution in [2.75, 3.05) is 7.11 Å². The van der Waals surface area contributed by atoms with Crippen LogP contribution in [0.2, 0.25) is 0 Å². The molecule has 0 aromatic carbocycles. The van der Waals surface area contributed by atoms with Crippen LogP contribution < -0.4 is 5.73 Å². The van der Waals surface area contributed by atoms with Crippen LogP contribution in [0.15, 0.2) is 0 Å². The number of nitrogens with two attached hydrogens (primary N) is 1. The predicted octanol–water partition coefficient (Wildman–Crippen LogP) is -1.04. The fourth-order valence-corrected chi connectivity index (χ4v) is 0.333. The van der Waals surface area contributed by atoms with Crippen LogP contribution in [0.1, 0.15) is 13.8 Å². The summed E-state index contributed by atoms with van der Waals surface area (Å²) in [6.45, 7) is 2.52. The maximum Gasteiger partial charge on any atom is 0.325 e. The number of ether oxygens (including phenoxy) is 1. The molecule has 0 spiro atoms. The van der Waals surface area contributed by atoms with E-state index in [-0.39, 0.29) is 0 Å². The molecule has 0 aliphatic heterocycles. The summed E-state index contributed by atoms with van der Waals surface area (Å²) in [5.41, 5.74) is 5.15. The Morgan fingerprint density at radius 1 is 1.46 bits per heavy atom. The topological polar surface area (TPSA) is 110 Å². The molecule has 0 aromatic rings. The van der Waals surface area contributed by atoms with Crippen LogP contribution in [-0.4, -0.2) is 41.4 Å². The molecule has 0 aromatic heterocycles. The minimum absolute atomic E-state index is 0.593. The van der Waals surface area contributed by atoms with Crippen molar-refractivity contribution in [2.24, 2.45) is 5.73 Å². The van der Waals surface area contributed by atoms with Crippen LogP contribution >= 0.6 is 0 Å². The summed E-state index contributed by atoms with van der Waals surface area (Å²) in [7, 11) is 1.23. The fourth-order valence-electron chi connectivity index (χ4n) is 0.333. The summed E-state index contributed by atoms with van der Waals surface area (Å²) in [6, 6.07) is -0.921. The normalized spacial score (nSPS) is 13.3. The number of carbonyl (C=O) groups is 2. The molecule has 0 aliphatic carbocycles. The minimum Gasteiger partial charge on any atom is -0.481 e. The molecule has 6 nitrogen and oxygen atoms in total. The maximum absolute atomic E-state index is 10.4. The average Bonchev–Trinajstić information content (AvgIpc) is 2.00. The quantitative estimate of drug-likeness (QED) is 0.483. The van der Waals surface area contributed by atoms with E-state index in [9.17, 15) is 4.79 Å². The van der Waals surface area contributed by atoms with Crippen LogP contribution in [0.4, 0.5) is 0 Å². The van der Waals surface area contributed by atoms with Gasteiger partial charge in [-0.15, -0.1) is 0 Å². The van der Waals surface area contributed by atoms with Gasteiger partial charge in [0.15, 0.2) is 0 Å². The number of rotatable bonds is 2. The number of aliphatic hydroxyl groups excluding tert-OH is 1. The van der Waals surface area contributed by atoms with Crippen molar-refractivity contribution in [3.63, 3.8) is 0 Å². The highest BCUT2D eigenvalue weighted by Crippen LogP contribution is 1.89. The summed E-state index contributed by atoms with van der Waals surface area (Å²) in [5, 5.41) is 16.1. The second-order valence-electron chi connectivity index (χ2n) is 2.31. The fraction of sp³-hybridized carbons (Fsp3) is 0.714. The summed E-state index contributed by atoms with van der Waals surface area (Å²) in [6.07, 6.45) is -0.850. The van der Waals surface area contributed by atoms with Crippen LogP contribution in [0, 0.1) is 0 Å². The van der Waals surface area contributed by atoms with Crippen molar-refractivity contribution in [3.05, 3.63) is 0 Å². The third-order valence-electron chi connectivity index (χ3n) is 0.993. The van der Waals surface area contributed by atoms with Gasteiger partial charge in [0.05, 0.1) is 13.2 Å². The second-order valence-corrected chi connectivity index (χ2v) is 2.31. The van der Waals surface area contributed by atoms with E-state index in [2.05, 4.69) is 4.74 Å². The van der Waals surface area contributed by atoms with Gasteiger partial charge in [0.2, 0.25) is 0 Å². The molecule has 0 amide bonds. The molecule has 78 valence electrons. The molecular weight excluding hydrogens is 178 g/mol. The molecule has 2 atom stereocenters. The summed E-state index contributed by atoms with van der Waals surface area (Å²) in [5.74, 6) is -1.43. The first-order chi connectivity index (χ1) is 5.82. The number of carboxylic acids is 1. The molecule has 0 bridgehead atoms. The van der Waals surface area contributed by atoms with E-state index in [1.165, 1.54) is 14.0 Å². The lowest BCUT2D eigenvalue weighted by molar-refractivity contribution is -0.144. The molecule has 13 heavy (non-hydrogen) atoms. The lowest BCUT2D eigenvalue weighted by Crippen LogP contribution is -2.40. The highest BCUT2D eigenvalue weighted by molar-refractivity contribution is 5.75. The van der Waals surface area contributed by atoms with Crippen molar-refractivity contribution in [1.29, 1.82) is 0 Å². The number of hydrogen-bond donors (Lipinski definition) is 3. The Morgan fingerprint density at radius 2 is 1.77 bits per heavy atom. The Hall–Kier alpha value is -1.14. The van der Waals surface area contributed by atoms with Gasteiger partial charge in [0, 0.05) is 6.92 Å². The largest absolute Gasteiger partial charge is 0.481 e. The van der Waals surface area contributed by atoms with Gasteiger partial charge >= 0.3 is 5.97 Å². The zero-order chi connectivity index (χ0) is 11.0. The number of methoxy groups -OCH3 is 1. The molecule has 0 saturated carbocycles. The predicted molar refractivity (Wildman–Crippen MR) is 45.0 cm³/mol. The molecular formula is C7H15NO5. The van der Waals surface area contributed by atoms with Gasteiger partial charge in [-0.3, -0.25) is 9.59 Å². The average molecular weight is 193 g/mol. The number of carbonyl (C=O) groups excluding carboxylic acids is 1. The third kappa shape index (κ3) is 10.9. The first-order valence-electron chi connectivity index (χ1n) is 3.54. The van der Waals surface area contributed by atoms with E-state index in [1.807, 2.05) is 0 Å². The minimum atomic E-state index is -0.921. The molecule has 0 saturated heterocycles. The van der Waals surface area contributed by atoms with Crippen molar-refractivity contribution in [1.82, 2.24) is 0 Å². The van der Waals surface area contributed by atoms with E-state index >= 15 is 0 Å². The molecule has 0 fully saturated rings. The van der Waals surface area contributed by atoms with E-state index < -0.39 is 24.1 Å². The standard InChI is InChI=1S/C5H11NO3.C2H4O2/c1-3(7)4(6)5(8)9-2;1-2(3)4/h3-4,7H,6H2,1-2H3;1H3,(H,3,4)/t3?,4-;/m0./s1. The highest BCUT2D eigenvalue weighted by Gasteiger charge is 2.18. The number of esters is 1. The number of hydrogen-bond acceptors (Lipinski definition) is 5. The van der Waals surface area contributed by atoms with Crippen LogP contribution in [0.25, 0.3) is 0 Å². The number of aliphatic hydroxyl groups is 1.